The molecule has 0 unspecified atom stereocenters. The molecule has 0 aromatic heterocycles. The van der Waals surface area contributed by atoms with Crippen LogP contribution in [-0.2, 0) is 16.2 Å². The molecule has 0 aliphatic carbocycles. The third kappa shape index (κ3) is 3.85. The number of hydrogen-bond acceptors (Lipinski definition) is 4. The fraction of sp³-hybridized carbons (Fsp3) is 0.143. The molecule has 2 rings (SSSR count). The SMILES string of the molecule is COc1ccc(S(=O)(=O)Nc2cc(C(F)(F)F)ccc2O)cc1Cl. The number of phenolic OH excluding ortho intramolecular Hbond substituents is 1. The number of benzene rings is 2. The van der Waals surface area contributed by atoms with Gasteiger partial charge in [-0.3, -0.25) is 4.72 Å². The minimum atomic E-state index is -4.68. The molecule has 2 N–H and O–H groups in total. The predicted octanol–water partition coefficient (Wildman–Crippen LogP) is 3.87. The Morgan fingerprint density at radius 1 is 1.17 bits per heavy atom. The fourth-order valence-corrected chi connectivity index (χ4v) is 3.23. The Hall–Kier alpha value is -2.13. The van der Waals surface area contributed by atoms with Gasteiger partial charge in [0.2, 0.25) is 0 Å². The van der Waals surface area contributed by atoms with Crippen molar-refractivity contribution in [2.24, 2.45) is 0 Å². The van der Waals surface area contributed by atoms with E-state index in [1.807, 2.05) is 4.72 Å². The maximum absolute atomic E-state index is 12.7. The molecule has 0 aliphatic rings. The summed E-state index contributed by atoms with van der Waals surface area (Å²) >= 11 is 5.84. The van der Waals surface area contributed by atoms with E-state index in [0.29, 0.717) is 12.1 Å². The molecule has 0 amide bonds. The second kappa shape index (κ2) is 6.40. The molecule has 0 aliphatic heterocycles. The highest BCUT2D eigenvalue weighted by molar-refractivity contribution is 7.92. The lowest BCUT2D eigenvalue weighted by Gasteiger charge is -2.13. The van der Waals surface area contributed by atoms with Gasteiger partial charge >= 0.3 is 6.18 Å². The van der Waals surface area contributed by atoms with Crippen molar-refractivity contribution in [3.05, 3.63) is 47.0 Å². The Kier molecular flexibility index (Phi) is 4.86. The van der Waals surface area contributed by atoms with Gasteiger partial charge in [-0.25, -0.2) is 8.42 Å². The summed E-state index contributed by atoms with van der Waals surface area (Å²) in [6.07, 6.45) is -4.68. The van der Waals surface area contributed by atoms with Crippen LogP contribution < -0.4 is 9.46 Å². The van der Waals surface area contributed by atoms with Crippen molar-refractivity contribution in [1.82, 2.24) is 0 Å². The van der Waals surface area contributed by atoms with Crippen LogP contribution in [0.5, 0.6) is 11.5 Å². The van der Waals surface area contributed by atoms with Gasteiger partial charge in [-0.15, -0.1) is 0 Å². The van der Waals surface area contributed by atoms with Crippen LogP contribution in [0.2, 0.25) is 5.02 Å². The number of aromatic hydroxyl groups is 1. The number of alkyl halides is 3. The van der Waals surface area contributed by atoms with Gasteiger partial charge in [-0.2, -0.15) is 13.2 Å². The third-order valence-corrected chi connectivity index (χ3v) is 4.66. The van der Waals surface area contributed by atoms with Crippen molar-refractivity contribution in [3.8, 4) is 11.5 Å². The van der Waals surface area contributed by atoms with Gasteiger partial charge in [0, 0.05) is 0 Å². The first kappa shape index (κ1) is 18.2. The van der Waals surface area contributed by atoms with Crippen molar-refractivity contribution in [3.63, 3.8) is 0 Å². The number of phenols is 1. The lowest BCUT2D eigenvalue weighted by atomic mass is 10.2. The number of ether oxygens (including phenoxy) is 1. The Morgan fingerprint density at radius 2 is 1.83 bits per heavy atom. The van der Waals surface area contributed by atoms with Crippen LogP contribution in [0.25, 0.3) is 0 Å². The van der Waals surface area contributed by atoms with Gasteiger partial charge in [0.15, 0.2) is 0 Å². The molecule has 0 fully saturated rings. The molecule has 0 saturated heterocycles. The first-order valence-electron chi connectivity index (χ1n) is 6.31. The summed E-state index contributed by atoms with van der Waals surface area (Å²) in [5, 5.41) is 9.62. The standard InChI is InChI=1S/C14H11ClF3NO4S/c1-23-13-5-3-9(7-10(13)15)24(21,22)19-11-6-8(14(16,17)18)2-4-12(11)20/h2-7,19-20H,1H3. The maximum atomic E-state index is 12.7. The fourth-order valence-electron chi connectivity index (χ4n) is 1.81. The van der Waals surface area contributed by atoms with Gasteiger partial charge in [0.25, 0.3) is 10.0 Å². The van der Waals surface area contributed by atoms with E-state index in [-0.39, 0.29) is 15.7 Å². The van der Waals surface area contributed by atoms with Gasteiger partial charge in [0.1, 0.15) is 11.5 Å². The van der Waals surface area contributed by atoms with Gasteiger partial charge in [-0.1, -0.05) is 11.6 Å². The van der Waals surface area contributed by atoms with Crippen LogP contribution in [0.1, 0.15) is 5.56 Å². The molecule has 5 nitrogen and oxygen atoms in total. The second-order valence-corrected chi connectivity index (χ2v) is 6.72. The highest BCUT2D eigenvalue weighted by Crippen LogP contribution is 2.35. The van der Waals surface area contributed by atoms with Crippen molar-refractivity contribution < 1.29 is 31.4 Å². The number of sulfonamides is 1. The minimum absolute atomic E-state index is 0.00800. The topological polar surface area (TPSA) is 75.6 Å². The summed E-state index contributed by atoms with van der Waals surface area (Å²) in [5.41, 5.74) is -1.71. The Labute approximate surface area is 140 Å². The minimum Gasteiger partial charge on any atom is -0.506 e. The average molecular weight is 382 g/mol. The van der Waals surface area contributed by atoms with Gasteiger partial charge in [0.05, 0.1) is 28.3 Å². The lowest BCUT2D eigenvalue weighted by molar-refractivity contribution is -0.137. The molecule has 24 heavy (non-hydrogen) atoms. The second-order valence-electron chi connectivity index (χ2n) is 4.63. The number of halogens is 4. The molecule has 0 spiro atoms. The van der Waals surface area contributed by atoms with Gasteiger partial charge < -0.3 is 9.84 Å². The van der Waals surface area contributed by atoms with E-state index >= 15 is 0 Å². The molecule has 130 valence electrons. The van der Waals surface area contributed by atoms with Crippen LogP contribution in [0.15, 0.2) is 41.3 Å². The van der Waals surface area contributed by atoms with Crippen molar-refractivity contribution >= 4 is 27.3 Å². The lowest BCUT2D eigenvalue weighted by Crippen LogP contribution is -2.14. The number of methoxy groups -OCH3 is 1. The Morgan fingerprint density at radius 3 is 2.38 bits per heavy atom. The predicted molar refractivity (Wildman–Crippen MR) is 81.9 cm³/mol. The molecule has 0 radical (unpaired) electrons. The van der Waals surface area contributed by atoms with Crippen molar-refractivity contribution in [2.75, 3.05) is 11.8 Å². The normalized spacial score (nSPS) is 12.0. The van der Waals surface area contributed by atoms with Crippen LogP contribution in [0.4, 0.5) is 18.9 Å². The zero-order chi connectivity index (χ0) is 18.1. The van der Waals surface area contributed by atoms with Crippen LogP contribution in [-0.4, -0.2) is 20.6 Å². The van der Waals surface area contributed by atoms with Crippen molar-refractivity contribution in [1.29, 1.82) is 0 Å². The third-order valence-electron chi connectivity index (χ3n) is 3.00. The van der Waals surface area contributed by atoms with Crippen molar-refractivity contribution in [2.45, 2.75) is 11.1 Å². The molecular weight excluding hydrogens is 371 g/mol. The first-order chi connectivity index (χ1) is 11.0. The summed E-state index contributed by atoms with van der Waals surface area (Å²) in [5.74, 6) is -0.413. The zero-order valence-electron chi connectivity index (χ0n) is 12.1. The van der Waals surface area contributed by atoms with E-state index < -0.39 is 33.2 Å². The Balaban J connectivity index is 2.41. The van der Waals surface area contributed by atoms with E-state index in [4.69, 9.17) is 16.3 Å². The van der Waals surface area contributed by atoms with Gasteiger partial charge in [-0.05, 0) is 36.4 Å². The van der Waals surface area contributed by atoms with E-state index in [1.165, 1.54) is 13.2 Å². The summed E-state index contributed by atoms with van der Waals surface area (Å²) in [7, 11) is -2.92. The maximum Gasteiger partial charge on any atom is 0.416 e. The molecule has 10 heteroatoms. The van der Waals surface area contributed by atoms with E-state index in [9.17, 15) is 26.7 Å². The quantitative estimate of drug-likeness (QED) is 0.788. The summed E-state index contributed by atoms with van der Waals surface area (Å²) in [6, 6.07) is 5.42. The number of rotatable bonds is 4. The average Bonchev–Trinajstić information content (AvgIpc) is 2.48. The van der Waals surface area contributed by atoms with E-state index in [0.717, 1.165) is 18.2 Å². The van der Waals surface area contributed by atoms with Crippen LogP contribution in [0.3, 0.4) is 0 Å². The number of anilines is 1. The van der Waals surface area contributed by atoms with E-state index in [1.54, 1.807) is 0 Å². The molecule has 2 aromatic carbocycles. The number of hydrogen-bond donors (Lipinski definition) is 2. The highest BCUT2D eigenvalue weighted by atomic mass is 35.5. The number of nitrogens with one attached hydrogen (secondary N) is 1. The van der Waals surface area contributed by atoms with Crippen LogP contribution >= 0.6 is 11.6 Å². The summed E-state index contributed by atoms with van der Waals surface area (Å²) in [4.78, 5) is -0.301. The monoisotopic (exact) mass is 381 g/mol. The molecule has 0 atom stereocenters. The summed E-state index contributed by atoms with van der Waals surface area (Å²) in [6.45, 7) is 0. The molecule has 0 saturated carbocycles. The molecule has 0 bridgehead atoms. The Bertz CT molecular complexity index is 869. The molecule has 2 aromatic rings. The highest BCUT2D eigenvalue weighted by Gasteiger charge is 2.31. The first-order valence-corrected chi connectivity index (χ1v) is 8.17. The van der Waals surface area contributed by atoms with Crippen LogP contribution in [0, 0.1) is 0 Å². The molecule has 0 heterocycles. The zero-order valence-corrected chi connectivity index (χ0v) is 13.6. The molecular formula is C14H11ClF3NO4S. The largest absolute Gasteiger partial charge is 0.506 e. The van der Waals surface area contributed by atoms with E-state index in [2.05, 4.69) is 0 Å². The smallest absolute Gasteiger partial charge is 0.416 e. The summed E-state index contributed by atoms with van der Waals surface area (Å²) < 4.78 is 69.4.